The smallest absolute Gasteiger partial charge is 0.247 e. The molecule has 3 rings (SSSR count). The highest BCUT2D eigenvalue weighted by Gasteiger charge is 2.41. The van der Waals surface area contributed by atoms with Crippen molar-refractivity contribution >= 4 is 11.8 Å². The molecule has 8 heteroatoms. The van der Waals surface area contributed by atoms with Gasteiger partial charge in [0.1, 0.15) is 17.7 Å². The van der Waals surface area contributed by atoms with Crippen molar-refractivity contribution in [2.75, 3.05) is 6.54 Å². The van der Waals surface area contributed by atoms with Gasteiger partial charge in [-0.1, -0.05) is 11.6 Å². The maximum atomic E-state index is 13.9. The van der Waals surface area contributed by atoms with Crippen LogP contribution in [0.5, 0.6) is 0 Å². The molecular weight excluding hydrogens is 366 g/mol. The fourth-order valence-corrected chi connectivity index (χ4v) is 4.01. The van der Waals surface area contributed by atoms with Gasteiger partial charge < -0.3 is 16.0 Å². The van der Waals surface area contributed by atoms with E-state index < -0.39 is 29.6 Å². The summed E-state index contributed by atoms with van der Waals surface area (Å²) in [5, 5.41) is 18.1. The highest BCUT2D eigenvalue weighted by Crippen LogP contribution is 2.32. The van der Waals surface area contributed by atoms with Crippen LogP contribution in [-0.2, 0) is 9.59 Å². The van der Waals surface area contributed by atoms with Crippen molar-refractivity contribution in [2.24, 2.45) is 5.92 Å². The predicted molar refractivity (Wildman–Crippen MR) is 97.7 cm³/mol. The fraction of sp³-hybridized carbons (Fsp3) is 0.450. The Morgan fingerprint density at radius 3 is 2.86 bits per heavy atom. The molecule has 0 radical (unpaired) electrons. The second kappa shape index (κ2) is 8.07. The molecule has 6 nitrogen and oxygen atoms in total. The van der Waals surface area contributed by atoms with E-state index in [-0.39, 0.29) is 29.9 Å². The van der Waals surface area contributed by atoms with Gasteiger partial charge >= 0.3 is 0 Å². The van der Waals surface area contributed by atoms with Crippen LogP contribution in [0.1, 0.15) is 38.3 Å². The number of piperidine rings is 1. The average molecular weight is 388 g/mol. The molecule has 2 amide bonds. The second-order valence-electron chi connectivity index (χ2n) is 7.25. The van der Waals surface area contributed by atoms with Crippen molar-refractivity contribution < 1.29 is 18.4 Å². The van der Waals surface area contributed by atoms with Crippen molar-refractivity contribution in [2.45, 2.75) is 44.8 Å². The lowest BCUT2D eigenvalue weighted by Gasteiger charge is -2.41. The number of benzene rings is 1. The summed E-state index contributed by atoms with van der Waals surface area (Å²) < 4.78 is 27.0. The first-order valence-electron chi connectivity index (χ1n) is 9.19. The van der Waals surface area contributed by atoms with Crippen molar-refractivity contribution in [3.63, 3.8) is 0 Å². The maximum Gasteiger partial charge on any atom is 0.247 e. The van der Waals surface area contributed by atoms with E-state index in [4.69, 9.17) is 0 Å². The highest BCUT2D eigenvalue weighted by molar-refractivity contribution is 6.00. The number of hydrogen-bond acceptors (Lipinski definition) is 4. The largest absolute Gasteiger partial charge is 0.349 e. The van der Waals surface area contributed by atoms with E-state index in [1.54, 1.807) is 13.8 Å². The third kappa shape index (κ3) is 3.90. The minimum absolute atomic E-state index is 0.127. The molecule has 28 heavy (non-hydrogen) atoms. The second-order valence-corrected chi connectivity index (χ2v) is 7.25. The summed E-state index contributed by atoms with van der Waals surface area (Å²) in [7, 11) is 0. The molecule has 1 aromatic rings. The van der Waals surface area contributed by atoms with E-state index in [1.165, 1.54) is 6.07 Å². The molecule has 2 heterocycles. The number of nitrogens with one attached hydrogen (secondary N) is 3. The number of rotatable bonds is 4. The Kier molecular flexibility index (Phi) is 5.75. The van der Waals surface area contributed by atoms with Crippen LogP contribution in [0.2, 0.25) is 0 Å². The van der Waals surface area contributed by atoms with Gasteiger partial charge in [0.15, 0.2) is 0 Å². The van der Waals surface area contributed by atoms with Crippen LogP contribution in [0, 0.1) is 28.9 Å². The van der Waals surface area contributed by atoms with Gasteiger partial charge in [0, 0.05) is 29.2 Å². The third-order valence-electron chi connectivity index (χ3n) is 5.46. The zero-order chi connectivity index (χ0) is 20.4. The number of carbonyl (C=O) groups excluding carboxylic acids is 2. The summed E-state index contributed by atoms with van der Waals surface area (Å²) in [5.41, 5.74) is 1.22. The number of halogens is 2. The zero-order valence-electron chi connectivity index (χ0n) is 15.7. The normalized spacial score (nSPS) is 25.4. The number of fused-ring (bicyclic) bond motifs is 1. The summed E-state index contributed by atoms with van der Waals surface area (Å²) >= 11 is 0. The van der Waals surface area contributed by atoms with E-state index >= 15 is 0 Å². The summed E-state index contributed by atoms with van der Waals surface area (Å²) in [6.07, 6.45) is 0.540. The molecular formula is C20H22F2N4O2. The van der Waals surface area contributed by atoms with Crippen molar-refractivity contribution in [3.8, 4) is 6.07 Å². The van der Waals surface area contributed by atoms with Crippen LogP contribution in [0.15, 0.2) is 29.3 Å². The lowest BCUT2D eigenvalue weighted by Crippen LogP contribution is -2.58. The van der Waals surface area contributed by atoms with E-state index in [0.29, 0.717) is 18.5 Å². The first kappa shape index (κ1) is 20.0. The summed E-state index contributed by atoms with van der Waals surface area (Å²) in [5.74, 6) is -2.38. The van der Waals surface area contributed by atoms with Gasteiger partial charge in [-0.15, -0.1) is 0 Å². The highest BCUT2D eigenvalue weighted by atomic mass is 19.1. The SMILES string of the molecule is CC1=C(CC(=O)N[C@@H](C)c2ccc(F)cc2F)C(=O)NC2CCNC(C#N)C12. The molecule has 0 spiro atoms. The van der Waals surface area contributed by atoms with Gasteiger partial charge in [-0.2, -0.15) is 5.26 Å². The van der Waals surface area contributed by atoms with E-state index in [2.05, 4.69) is 22.0 Å². The Hall–Kier alpha value is -2.79. The van der Waals surface area contributed by atoms with Gasteiger partial charge in [-0.3, -0.25) is 9.59 Å². The maximum absolute atomic E-state index is 13.9. The number of nitriles is 1. The zero-order valence-corrected chi connectivity index (χ0v) is 15.7. The summed E-state index contributed by atoms with van der Waals surface area (Å²) in [4.78, 5) is 25.0. The molecule has 1 aromatic carbocycles. The summed E-state index contributed by atoms with van der Waals surface area (Å²) in [6.45, 7) is 4.01. The third-order valence-corrected chi connectivity index (χ3v) is 5.46. The molecule has 1 fully saturated rings. The predicted octanol–water partition coefficient (Wildman–Crippen LogP) is 1.85. The lowest BCUT2D eigenvalue weighted by molar-refractivity contribution is -0.124. The minimum Gasteiger partial charge on any atom is -0.349 e. The molecule has 148 valence electrons. The van der Waals surface area contributed by atoms with Gasteiger partial charge in [-0.05, 0) is 32.9 Å². The molecule has 3 unspecified atom stereocenters. The van der Waals surface area contributed by atoms with Crippen LogP contribution in [-0.4, -0.2) is 30.4 Å². The van der Waals surface area contributed by atoms with Crippen LogP contribution in [0.3, 0.4) is 0 Å². The molecule has 3 N–H and O–H groups in total. The molecule has 0 aromatic heterocycles. The van der Waals surface area contributed by atoms with Crippen molar-refractivity contribution in [3.05, 3.63) is 46.5 Å². The van der Waals surface area contributed by atoms with Crippen LogP contribution >= 0.6 is 0 Å². The van der Waals surface area contributed by atoms with E-state index in [1.807, 2.05) is 0 Å². The van der Waals surface area contributed by atoms with Crippen LogP contribution in [0.4, 0.5) is 8.78 Å². The van der Waals surface area contributed by atoms with Crippen LogP contribution < -0.4 is 16.0 Å². The molecule has 2 aliphatic rings. The standard InChI is InChI=1S/C20H22F2N4O2/c1-10-14(20(28)26-16-5-6-24-17(9-23)19(10)16)8-18(27)25-11(2)13-4-3-12(21)7-15(13)22/h3-4,7,11,16-17,19,24H,5-6,8H2,1-2H3,(H,25,27)(H,26,28)/t11-,16?,17?,19?/m0/s1. The van der Waals surface area contributed by atoms with Gasteiger partial charge in [0.05, 0.1) is 18.5 Å². The molecule has 0 saturated carbocycles. The number of carbonyl (C=O) groups is 2. The number of hydrogen-bond donors (Lipinski definition) is 3. The number of amides is 2. The monoisotopic (exact) mass is 388 g/mol. The molecule has 1 saturated heterocycles. The topological polar surface area (TPSA) is 94.0 Å². The van der Waals surface area contributed by atoms with Gasteiger partial charge in [0.2, 0.25) is 11.8 Å². The Morgan fingerprint density at radius 1 is 1.43 bits per heavy atom. The first-order chi connectivity index (χ1) is 13.3. The number of nitrogens with zero attached hydrogens (tertiary/aromatic N) is 1. The Labute approximate surface area is 162 Å². The fourth-order valence-electron chi connectivity index (χ4n) is 4.01. The molecule has 0 bridgehead atoms. The minimum atomic E-state index is -0.744. The average Bonchev–Trinajstić information content (AvgIpc) is 2.64. The van der Waals surface area contributed by atoms with E-state index in [0.717, 1.165) is 17.7 Å². The van der Waals surface area contributed by atoms with Gasteiger partial charge in [0.25, 0.3) is 0 Å². The van der Waals surface area contributed by atoms with E-state index in [9.17, 15) is 23.6 Å². The molecule has 0 aliphatic carbocycles. The Morgan fingerprint density at radius 2 is 2.18 bits per heavy atom. The van der Waals surface area contributed by atoms with Gasteiger partial charge in [-0.25, -0.2) is 8.78 Å². The summed E-state index contributed by atoms with van der Waals surface area (Å²) in [6, 6.07) is 4.15. The van der Waals surface area contributed by atoms with Crippen molar-refractivity contribution in [1.29, 1.82) is 5.26 Å². The quantitative estimate of drug-likeness (QED) is 0.734. The lowest BCUT2D eigenvalue weighted by atomic mass is 9.76. The first-order valence-corrected chi connectivity index (χ1v) is 9.19. The Balaban J connectivity index is 1.75. The molecule has 4 atom stereocenters. The molecule has 2 aliphatic heterocycles. The van der Waals surface area contributed by atoms with Crippen LogP contribution in [0.25, 0.3) is 0 Å². The van der Waals surface area contributed by atoms with Crippen molar-refractivity contribution in [1.82, 2.24) is 16.0 Å². The Bertz CT molecular complexity index is 877.